The van der Waals surface area contributed by atoms with Crippen LogP contribution in [0, 0.1) is 15.3 Å². The first-order valence-corrected chi connectivity index (χ1v) is 9.54. The topological polar surface area (TPSA) is 90.8 Å². The number of rotatable bonds is 5. The van der Waals surface area contributed by atoms with E-state index in [-0.39, 0.29) is 0 Å². The minimum atomic E-state index is -1.75. The Labute approximate surface area is 172 Å². The van der Waals surface area contributed by atoms with Crippen molar-refractivity contribution in [3.8, 4) is 0 Å². The molecule has 1 atom stereocenters. The number of para-hydroxylation sites is 1. The van der Waals surface area contributed by atoms with E-state index >= 15 is 0 Å². The summed E-state index contributed by atoms with van der Waals surface area (Å²) >= 11 is 6.02. The highest BCUT2D eigenvalue weighted by Crippen LogP contribution is 2.29. The third-order valence-electron chi connectivity index (χ3n) is 4.76. The number of aromatic nitrogens is 3. The smallest absolute Gasteiger partial charge is 0.242 e. The fraction of sp³-hybridized carbons (Fsp3) is 0.190. The lowest BCUT2D eigenvalue weighted by atomic mass is 10.0. The van der Waals surface area contributed by atoms with Crippen molar-refractivity contribution in [3.05, 3.63) is 105 Å². The molecule has 29 heavy (non-hydrogen) atoms. The van der Waals surface area contributed by atoms with Crippen LogP contribution in [0.4, 0.5) is 0 Å². The molecule has 150 valence electrons. The van der Waals surface area contributed by atoms with Crippen LogP contribution in [0.5, 0.6) is 0 Å². The van der Waals surface area contributed by atoms with Gasteiger partial charge in [0.1, 0.15) is 18.4 Å². The molecule has 0 amide bonds. The van der Waals surface area contributed by atoms with Gasteiger partial charge in [0, 0.05) is 34.2 Å². The van der Waals surface area contributed by atoms with E-state index in [2.05, 4.69) is 69.8 Å². The second kappa shape index (κ2) is 9.25. The van der Waals surface area contributed by atoms with E-state index in [1.165, 1.54) is 22.0 Å². The highest BCUT2D eigenvalue weighted by atomic mass is 35.5. The number of H-pyrrole nitrogens is 1. The molecule has 1 unspecified atom stereocenters. The predicted octanol–water partition coefficient (Wildman–Crippen LogP) is 4.72. The molecule has 2 aromatic heterocycles. The van der Waals surface area contributed by atoms with Crippen LogP contribution in [0.3, 0.4) is 0 Å². The second-order valence-corrected chi connectivity index (χ2v) is 7.00. The third-order valence-corrected chi connectivity index (χ3v) is 5.01. The lowest BCUT2D eigenvalue weighted by molar-refractivity contribution is -0.712. The fourth-order valence-corrected chi connectivity index (χ4v) is 3.67. The van der Waals surface area contributed by atoms with E-state index < -0.39 is 5.09 Å². The third kappa shape index (κ3) is 4.94. The molecule has 0 spiro atoms. The summed E-state index contributed by atoms with van der Waals surface area (Å²) in [5.74, 6) is 0. The minimum absolute atomic E-state index is 0.322. The number of hydrogen-bond donors (Lipinski definition) is 1. The molecule has 0 fully saturated rings. The van der Waals surface area contributed by atoms with E-state index in [0.29, 0.717) is 6.04 Å². The maximum Gasteiger partial charge on any atom is 0.242 e. The summed E-state index contributed by atoms with van der Waals surface area (Å²) in [6.45, 7) is 3.07. The average molecular weight is 413 g/mol. The van der Waals surface area contributed by atoms with Gasteiger partial charge in [0.15, 0.2) is 0 Å². The van der Waals surface area contributed by atoms with Gasteiger partial charge in [0.2, 0.25) is 6.33 Å². The van der Waals surface area contributed by atoms with Gasteiger partial charge in [-0.1, -0.05) is 48.9 Å². The van der Waals surface area contributed by atoms with Crippen LogP contribution in [0.25, 0.3) is 10.9 Å². The molecule has 0 saturated heterocycles. The largest absolute Gasteiger partial charge is 0.356 e. The van der Waals surface area contributed by atoms with Gasteiger partial charge >= 0.3 is 0 Å². The maximum atomic E-state index is 8.25. The average Bonchev–Trinajstić information content (AvgIpc) is 3.34. The molecule has 4 rings (SSSR count). The number of halogens is 1. The van der Waals surface area contributed by atoms with Crippen LogP contribution in [-0.4, -0.2) is 14.6 Å². The minimum Gasteiger partial charge on any atom is -0.356 e. The van der Waals surface area contributed by atoms with Gasteiger partial charge in [-0.25, -0.2) is 4.57 Å². The van der Waals surface area contributed by atoms with Crippen LogP contribution in [0.2, 0.25) is 5.02 Å². The van der Waals surface area contributed by atoms with Gasteiger partial charge in [-0.15, -0.1) is 0 Å². The molecule has 0 aliphatic heterocycles. The Morgan fingerprint density at radius 1 is 1.17 bits per heavy atom. The Morgan fingerprint density at radius 3 is 2.48 bits per heavy atom. The standard InChI is InChI=1S/C21H20ClN3.NO3/c1-2-20(24-12-11-23-15-24)19-14-25(21-6-4-3-5-18(19)21)13-16-7-9-17(22)10-8-16;2-1(3)4/h3-12,14-15,20H,2,13H2,1H3;/q;-1/p+1. The molecule has 2 aromatic carbocycles. The van der Waals surface area contributed by atoms with Crippen molar-refractivity contribution in [3.63, 3.8) is 0 Å². The summed E-state index contributed by atoms with van der Waals surface area (Å²) in [7, 11) is 0. The quantitative estimate of drug-likeness (QED) is 0.292. The Bertz CT molecular complexity index is 1070. The van der Waals surface area contributed by atoms with Crippen molar-refractivity contribution in [2.75, 3.05) is 0 Å². The van der Waals surface area contributed by atoms with Gasteiger partial charge in [-0.05, 0) is 30.2 Å². The number of imidazole rings is 1. The van der Waals surface area contributed by atoms with Crippen LogP contribution in [-0.2, 0) is 6.54 Å². The van der Waals surface area contributed by atoms with Crippen molar-refractivity contribution < 1.29 is 9.65 Å². The lowest BCUT2D eigenvalue weighted by Crippen LogP contribution is -2.37. The summed E-state index contributed by atoms with van der Waals surface area (Å²) in [6.07, 6.45) is 9.43. The molecule has 2 heterocycles. The van der Waals surface area contributed by atoms with Crippen molar-refractivity contribution in [1.82, 2.24) is 9.55 Å². The zero-order chi connectivity index (χ0) is 20.8. The number of nitrogens with one attached hydrogen (secondary N) is 1. The molecule has 4 aromatic rings. The molecule has 7 nitrogen and oxygen atoms in total. The van der Waals surface area contributed by atoms with E-state index in [4.69, 9.17) is 26.9 Å². The van der Waals surface area contributed by atoms with Gasteiger partial charge in [0.05, 0.1) is 5.09 Å². The normalized spacial score (nSPS) is 11.7. The van der Waals surface area contributed by atoms with E-state index in [9.17, 15) is 0 Å². The van der Waals surface area contributed by atoms with Crippen molar-refractivity contribution in [2.45, 2.75) is 25.9 Å². The van der Waals surface area contributed by atoms with Gasteiger partial charge in [-0.2, -0.15) is 0 Å². The molecule has 0 bridgehead atoms. The molecule has 8 heteroatoms. The molecular weight excluding hydrogens is 392 g/mol. The number of aromatic amines is 1. The molecule has 0 saturated carbocycles. The van der Waals surface area contributed by atoms with Gasteiger partial charge < -0.3 is 19.9 Å². The summed E-state index contributed by atoms with van der Waals surface area (Å²) in [4.78, 5) is 11.4. The zero-order valence-corrected chi connectivity index (χ0v) is 16.6. The molecule has 1 N–H and O–H groups in total. The van der Waals surface area contributed by atoms with Crippen molar-refractivity contribution in [2.24, 2.45) is 0 Å². The molecule has 0 radical (unpaired) electrons. The Morgan fingerprint density at radius 2 is 1.86 bits per heavy atom. The summed E-state index contributed by atoms with van der Waals surface area (Å²) in [5, 5.41) is 16.8. The second-order valence-electron chi connectivity index (χ2n) is 6.56. The van der Waals surface area contributed by atoms with Gasteiger partial charge in [-0.3, -0.25) is 4.98 Å². The fourth-order valence-electron chi connectivity index (χ4n) is 3.54. The predicted molar refractivity (Wildman–Crippen MR) is 112 cm³/mol. The molecule has 0 aliphatic carbocycles. The first-order valence-electron chi connectivity index (χ1n) is 9.16. The van der Waals surface area contributed by atoms with E-state index in [1.54, 1.807) is 0 Å². The Balaban J connectivity index is 0.000000552. The molecular formula is C21H21ClN4O3. The lowest BCUT2D eigenvalue weighted by Gasteiger charge is -2.10. The number of nitrogens with zero attached hydrogens (tertiary/aromatic N) is 3. The van der Waals surface area contributed by atoms with E-state index in [1.807, 2.05) is 24.7 Å². The summed E-state index contributed by atoms with van der Waals surface area (Å²) in [6, 6.07) is 17.1. The van der Waals surface area contributed by atoms with Gasteiger partial charge in [0.25, 0.3) is 0 Å². The number of hydrogen-bond acceptors (Lipinski definition) is 3. The summed E-state index contributed by atoms with van der Waals surface area (Å²) in [5.41, 5.74) is 3.87. The highest BCUT2D eigenvalue weighted by molar-refractivity contribution is 6.30. The summed E-state index contributed by atoms with van der Waals surface area (Å²) < 4.78 is 4.58. The van der Waals surface area contributed by atoms with E-state index in [0.717, 1.165) is 18.0 Å². The zero-order valence-electron chi connectivity index (χ0n) is 15.9. The number of benzene rings is 2. The Kier molecular flexibility index (Phi) is 6.51. The maximum absolute atomic E-state index is 8.25. The first-order chi connectivity index (χ1) is 14.0. The van der Waals surface area contributed by atoms with Crippen molar-refractivity contribution >= 4 is 22.5 Å². The van der Waals surface area contributed by atoms with Crippen LogP contribution in [0.15, 0.2) is 73.4 Å². The monoisotopic (exact) mass is 412 g/mol. The Hall–Kier alpha value is -3.32. The van der Waals surface area contributed by atoms with Crippen LogP contribution in [0.1, 0.15) is 30.5 Å². The SMILES string of the molecule is CCC(c1cn(Cc2ccc(Cl)cc2)c2ccccc12)[n+]1cc[nH]c1.O=[N+]([O-])[O-]. The van der Waals surface area contributed by atoms with Crippen LogP contribution < -0.4 is 4.57 Å². The number of fused-ring (bicyclic) bond motifs is 1. The first kappa shape index (κ1) is 20.4. The highest BCUT2D eigenvalue weighted by Gasteiger charge is 2.21. The molecule has 0 aliphatic rings. The van der Waals surface area contributed by atoms with Crippen molar-refractivity contribution in [1.29, 1.82) is 0 Å². The van der Waals surface area contributed by atoms with Crippen LogP contribution >= 0.6 is 11.6 Å².